The van der Waals surface area contributed by atoms with E-state index in [0.717, 1.165) is 10.9 Å². The fourth-order valence-electron chi connectivity index (χ4n) is 3.00. The Morgan fingerprint density at radius 2 is 1.83 bits per heavy atom. The molecule has 0 fully saturated rings. The van der Waals surface area contributed by atoms with Gasteiger partial charge in [-0.05, 0) is 17.3 Å². The first-order chi connectivity index (χ1) is 11.2. The molecule has 6 heteroatoms. The van der Waals surface area contributed by atoms with Gasteiger partial charge in [-0.25, -0.2) is 0 Å². The lowest BCUT2D eigenvalue weighted by Crippen LogP contribution is -1.83. The Morgan fingerprint density at radius 3 is 2.61 bits per heavy atom. The predicted molar refractivity (Wildman–Crippen MR) is 89.3 cm³/mol. The van der Waals surface area contributed by atoms with E-state index in [2.05, 4.69) is 15.1 Å². The molecule has 0 bridgehead atoms. The van der Waals surface area contributed by atoms with Crippen molar-refractivity contribution in [3.8, 4) is 22.9 Å². The molecule has 0 aliphatic heterocycles. The van der Waals surface area contributed by atoms with Crippen molar-refractivity contribution in [1.82, 2.24) is 9.97 Å². The van der Waals surface area contributed by atoms with Crippen LogP contribution in [0.25, 0.3) is 33.1 Å². The molecule has 0 aliphatic carbocycles. The molecule has 23 heavy (non-hydrogen) atoms. The van der Waals surface area contributed by atoms with Crippen LogP contribution in [0.3, 0.4) is 0 Å². The molecule has 4 rings (SSSR count). The van der Waals surface area contributed by atoms with E-state index in [-0.39, 0.29) is 11.6 Å². The summed E-state index contributed by atoms with van der Waals surface area (Å²) in [7, 11) is 1.56. The van der Waals surface area contributed by atoms with E-state index in [9.17, 15) is 10.0 Å². The van der Waals surface area contributed by atoms with Crippen molar-refractivity contribution in [2.75, 3.05) is 7.11 Å². The third-order valence-electron chi connectivity index (χ3n) is 4.02. The second kappa shape index (κ2) is 4.88. The summed E-state index contributed by atoms with van der Waals surface area (Å²) >= 11 is 0. The molecule has 2 aromatic heterocycles. The first-order valence-corrected chi connectivity index (χ1v) is 7.06. The van der Waals surface area contributed by atoms with Gasteiger partial charge in [-0.3, -0.25) is 0 Å². The number of aromatic hydroxyl groups is 1. The monoisotopic (exact) mass is 307 g/mol. The summed E-state index contributed by atoms with van der Waals surface area (Å²) in [6.07, 6.45) is 0. The predicted octanol–water partition coefficient (Wildman–Crippen LogP) is 4.43. The normalized spacial score (nSPS) is 11.2. The second-order valence-corrected chi connectivity index (χ2v) is 5.22. The van der Waals surface area contributed by atoms with Crippen LogP contribution >= 0.6 is 0 Å². The molecule has 0 radical (unpaired) electrons. The standard InChI is InChI=1S/C17H13N3O3/c1-23-12-8-4-6-10-13(17(21)19-14(10)12)16-15(20-22)9-5-2-3-7-11(9)18-16/h2-8,18-19,21H,1H3. The zero-order valence-electron chi connectivity index (χ0n) is 12.3. The van der Waals surface area contributed by atoms with Gasteiger partial charge in [-0.15, -0.1) is 4.91 Å². The topological polar surface area (TPSA) is 90.5 Å². The molecule has 4 aromatic rings. The lowest BCUT2D eigenvalue weighted by atomic mass is 10.1. The number of rotatable bonds is 3. The van der Waals surface area contributed by atoms with Gasteiger partial charge in [0.05, 0.1) is 23.9 Å². The molecule has 3 N–H and O–H groups in total. The molecule has 0 atom stereocenters. The van der Waals surface area contributed by atoms with E-state index < -0.39 is 0 Å². The van der Waals surface area contributed by atoms with Gasteiger partial charge in [0.15, 0.2) is 5.88 Å². The van der Waals surface area contributed by atoms with Crippen molar-refractivity contribution in [3.05, 3.63) is 47.4 Å². The van der Waals surface area contributed by atoms with Gasteiger partial charge in [-0.1, -0.05) is 30.3 Å². The largest absolute Gasteiger partial charge is 0.495 e. The van der Waals surface area contributed by atoms with Crippen molar-refractivity contribution >= 4 is 27.5 Å². The van der Waals surface area contributed by atoms with Crippen LogP contribution in [0.2, 0.25) is 0 Å². The number of methoxy groups -OCH3 is 1. The number of ether oxygens (including phenoxy) is 1. The maximum absolute atomic E-state index is 11.4. The quantitative estimate of drug-likeness (QED) is 0.489. The fraction of sp³-hybridized carbons (Fsp3) is 0.0588. The number of nitrogens with zero attached hydrogens (tertiary/aromatic N) is 1. The summed E-state index contributed by atoms with van der Waals surface area (Å²) in [5.74, 6) is 0.571. The third-order valence-corrected chi connectivity index (χ3v) is 4.02. The van der Waals surface area contributed by atoms with Crippen molar-refractivity contribution in [3.63, 3.8) is 0 Å². The number of hydrogen-bond acceptors (Lipinski definition) is 4. The number of nitroso groups, excluding NO2 is 1. The number of H-pyrrole nitrogens is 2. The highest BCUT2D eigenvalue weighted by atomic mass is 16.5. The number of nitrogens with one attached hydrogen (secondary N) is 2. The van der Waals surface area contributed by atoms with Gasteiger partial charge in [0, 0.05) is 16.3 Å². The summed E-state index contributed by atoms with van der Waals surface area (Å²) < 4.78 is 5.31. The third kappa shape index (κ3) is 1.81. The summed E-state index contributed by atoms with van der Waals surface area (Å²) in [5.41, 5.74) is 2.72. The van der Waals surface area contributed by atoms with Crippen LogP contribution in [0.4, 0.5) is 5.69 Å². The van der Waals surface area contributed by atoms with Gasteiger partial charge in [0.25, 0.3) is 0 Å². The fourth-order valence-corrected chi connectivity index (χ4v) is 3.00. The number of para-hydroxylation sites is 2. The highest BCUT2D eigenvalue weighted by Gasteiger charge is 2.22. The number of hydrogen-bond donors (Lipinski definition) is 3. The molecule has 2 aromatic carbocycles. The summed E-state index contributed by atoms with van der Waals surface area (Å²) in [6, 6.07) is 12.9. The Kier molecular flexibility index (Phi) is 2.84. The van der Waals surface area contributed by atoms with Crippen LogP contribution in [0.1, 0.15) is 0 Å². The van der Waals surface area contributed by atoms with Gasteiger partial charge in [-0.2, -0.15) is 0 Å². The van der Waals surface area contributed by atoms with Crippen molar-refractivity contribution in [2.45, 2.75) is 0 Å². The number of aromatic amines is 2. The SMILES string of the molecule is COc1cccc2c(-c3[nH]c4ccccc4c3N=O)c(O)[nH]c12. The average molecular weight is 307 g/mol. The van der Waals surface area contributed by atoms with Gasteiger partial charge in [0.2, 0.25) is 0 Å². The smallest absolute Gasteiger partial charge is 0.199 e. The minimum absolute atomic E-state index is 0.0408. The molecule has 0 saturated heterocycles. The maximum atomic E-state index is 11.4. The van der Waals surface area contributed by atoms with Crippen LogP contribution in [0, 0.1) is 4.91 Å². The van der Waals surface area contributed by atoms with Gasteiger partial charge >= 0.3 is 0 Å². The van der Waals surface area contributed by atoms with E-state index in [1.165, 1.54) is 0 Å². The first kappa shape index (κ1) is 13.4. The maximum Gasteiger partial charge on any atom is 0.199 e. The zero-order valence-corrected chi connectivity index (χ0v) is 12.3. The highest BCUT2D eigenvalue weighted by Crippen LogP contribution is 2.45. The molecule has 0 spiro atoms. The molecule has 0 aliphatic rings. The average Bonchev–Trinajstić information content (AvgIpc) is 3.10. The van der Waals surface area contributed by atoms with E-state index in [1.54, 1.807) is 13.2 Å². The van der Waals surface area contributed by atoms with E-state index in [0.29, 0.717) is 27.9 Å². The van der Waals surface area contributed by atoms with Gasteiger partial charge in [0.1, 0.15) is 11.4 Å². The molecule has 0 saturated carbocycles. The number of aromatic nitrogens is 2. The number of fused-ring (bicyclic) bond motifs is 2. The van der Waals surface area contributed by atoms with Crippen molar-refractivity contribution in [1.29, 1.82) is 0 Å². The minimum Gasteiger partial charge on any atom is -0.495 e. The molecule has 0 amide bonds. The molecule has 114 valence electrons. The zero-order chi connectivity index (χ0) is 16.0. The van der Waals surface area contributed by atoms with Crippen LogP contribution in [-0.2, 0) is 0 Å². The van der Waals surface area contributed by atoms with Crippen LogP contribution in [-0.4, -0.2) is 22.2 Å². The van der Waals surface area contributed by atoms with E-state index >= 15 is 0 Å². The summed E-state index contributed by atoms with van der Waals surface area (Å²) in [5, 5.41) is 15.0. The Hall–Kier alpha value is -3.28. The molecule has 0 unspecified atom stereocenters. The van der Waals surface area contributed by atoms with Gasteiger partial charge < -0.3 is 19.8 Å². The Bertz CT molecular complexity index is 1050. The molecular formula is C17H13N3O3. The number of benzene rings is 2. The van der Waals surface area contributed by atoms with E-state index in [1.807, 2.05) is 36.4 Å². The van der Waals surface area contributed by atoms with Crippen molar-refractivity contribution < 1.29 is 9.84 Å². The molecule has 2 heterocycles. The highest BCUT2D eigenvalue weighted by molar-refractivity contribution is 6.08. The minimum atomic E-state index is -0.0408. The first-order valence-electron chi connectivity index (χ1n) is 7.06. The van der Waals surface area contributed by atoms with Crippen LogP contribution in [0.15, 0.2) is 47.6 Å². The lowest BCUT2D eigenvalue weighted by molar-refractivity contribution is 0.417. The van der Waals surface area contributed by atoms with E-state index in [4.69, 9.17) is 4.74 Å². The van der Waals surface area contributed by atoms with Crippen LogP contribution < -0.4 is 4.74 Å². The lowest BCUT2D eigenvalue weighted by Gasteiger charge is -2.01. The van der Waals surface area contributed by atoms with Crippen LogP contribution in [0.5, 0.6) is 11.6 Å². The summed E-state index contributed by atoms with van der Waals surface area (Å²) in [4.78, 5) is 17.5. The Balaban J connectivity index is 2.11. The second-order valence-electron chi connectivity index (χ2n) is 5.22. The molecule has 6 nitrogen and oxygen atoms in total. The summed E-state index contributed by atoms with van der Waals surface area (Å²) in [6.45, 7) is 0. The Labute approximate surface area is 130 Å². The Morgan fingerprint density at radius 1 is 1.04 bits per heavy atom. The molecular weight excluding hydrogens is 294 g/mol. The van der Waals surface area contributed by atoms with Crippen molar-refractivity contribution in [2.24, 2.45) is 5.18 Å².